The average molecular weight is 543 g/mol. The molecule has 1 N–H and O–H groups in total. The van der Waals surface area contributed by atoms with E-state index in [2.05, 4.69) is 0 Å². The minimum absolute atomic E-state index is 0.0759. The van der Waals surface area contributed by atoms with Crippen molar-refractivity contribution in [2.24, 2.45) is 0 Å². The number of carbonyl (C=O) groups is 1. The second-order valence-corrected chi connectivity index (χ2v) is 11.9. The Morgan fingerprint density at radius 3 is 2.53 bits per heavy atom. The Kier molecular flexibility index (Phi) is 8.26. The molecule has 9 heteroatoms. The van der Waals surface area contributed by atoms with Crippen LogP contribution in [0.1, 0.15) is 41.2 Å². The Hall–Kier alpha value is -3.59. The summed E-state index contributed by atoms with van der Waals surface area (Å²) in [5.74, 6) is -0.0414. The minimum Gasteiger partial charge on any atom is -0.494 e. The third kappa shape index (κ3) is 6.83. The van der Waals surface area contributed by atoms with Gasteiger partial charge in [0, 0.05) is 18.7 Å². The maximum atomic E-state index is 14.5. The van der Waals surface area contributed by atoms with Gasteiger partial charge in [-0.1, -0.05) is 18.2 Å². The Balaban J connectivity index is 1.50. The molecule has 1 aliphatic rings. The highest BCUT2D eigenvalue weighted by molar-refractivity contribution is 7.90. The quantitative estimate of drug-likeness (QED) is 0.340. The Morgan fingerprint density at radius 1 is 1.11 bits per heavy atom. The monoisotopic (exact) mass is 542 g/mol. The average Bonchev–Trinajstić information content (AvgIpc) is 2.84. The molecule has 1 aliphatic heterocycles. The van der Waals surface area contributed by atoms with E-state index in [1.165, 1.54) is 18.4 Å². The molecule has 0 saturated heterocycles. The van der Waals surface area contributed by atoms with Gasteiger partial charge in [0.2, 0.25) is 0 Å². The highest BCUT2D eigenvalue weighted by Crippen LogP contribution is 2.39. The van der Waals surface area contributed by atoms with Gasteiger partial charge < -0.3 is 19.3 Å². The van der Waals surface area contributed by atoms with Crippen molar-refractivity contribution in [2.75, 3.05) is 25.2 Å². The first-order chi connectivity index (χ1) is 18.0. The summed E-state index contributed by atoms with van der Waals surface area (Å²) in [6.07, 6.45) is 1.12. The van der Waals surface area contributed by atoms with Crippen LogP contribution in [-0.4, -0.2) is 44.7 Å². The summed E-state index contributed by atoms with van der Waals surface area (Å²) >= 11 is 0. The van der Waals surface area contributed by atoms with Crippen molar-refractivity contribution in [1.82, 2.24) is 0 Å². The summed E-state index contributed by atoms with van der Waals surface area (Å²) in [7, 11) is -3.01. The lowest BCUT2D eigenvalue weighted by Gasteiger charge is -2.28. The van der Waals surface area contributed by atoms with Gasteiger partial charge >= 0.3 is 5.97 Å². The number of hydrogen-bond acceptors (Lipinski definition) is 6. The van der Waals surface area contributed by atoms with Crippen LogP contribution in [-0.2, 0) is 21.1 Å². The maximum Gasteiger partial charge on any atom is 0.303 e. The first kappa shape index (κ1) is 27.4. The van der Waals surface area contributed by atoms with Crippen LogP contribution >= 0.6 is 0 Å². The molecule has 0 fully saturated rings. The first-order valence-electron chi connectivity index (χ1n) is 12.4. The Bertz CT molecular complexity index is 1430. The molecule has 0 amide bonds. The molecule has 0 unspecified atom stereocenters. The molecule has 202 valence electrons. The van der Waals surface area contributed by atoms with E-state index in [1.54, 1.807) is 0 Å². The SMILES string of the molecule is Cc1cc(OCCCS(C)(=O)=O)cc(C)c1-c1cccc([C@H]2COc3cc(CCC(=O)O)c(F)cc3O2)c1. The number of carboxylic acid groups (broad SMARTS) is 1. The highest BCUT2D eigenvalue weighted by atomic mass is 32.2. The summed E-state index contributed by atoms with van der Waals surface area (Å²) in [6.45, 7) is 4.56. The zero-order chi connectivity index (χ0) is 27.4. The first-order valence-corrected chi connectivity index (χ1v) is 14.4. The number of carboxylic acids is 1. The van der Waals surface area contributed by atoms with Crippen LogP contribution in [0.15, 0.2) is 48.5 Å². The molecule has 1 atom stereocenters. The van der Waals surface area contributed by atoms with Crippen molar-refractivity contribution >= 4 is 15.8 Å². The van der Waals surface area contributed by atoms with Crippen LogP contribution in [0.3, 0.4) is 0 Å². The number of rotatable bonds is 10. The van der Waals surface area contributed by atoms with Gasteiger partial charge in [-0.25, -0.2) is 12.8 Å². The largest absolute Gasteiger partial charge is 0.494 e. The molecule has 38 heavy (non-hydrogen) atoms. The van der Waals surface area contributed by atoms with E-state index in [0.29, 0.717) is 24.5 Å². The van der Waals surface area contributed by atoms with Crippen LogP contribution in [0, 0.1) is 19.7 Å². The normalized spacial score (nSPS) is 14.8. The number of hydrogen-bond donors (Lipinski definition) is 1. The van der Waals surface area contributed by atoms with E-state index >= 15 is 0 Å². The van der Waals surface area contributed by atoms with Crippen LogP contribution in [0.5, 0.6) is 17.2 Å². The van der Waals surface area contributed by atoms with Crippen LogP contribution < -0.4 is 14.2 Å². The smallest absolute Gasteiger partial charge is 0.303 e. The van der Waals surface area contributed by atoms with Gasteiger partial charge in [-0.3, -0.25) is 4.79 Å². The van der Waals surface area contributed by atoms with Gasteiger partial charge in [-0.2, -0.15) is 0 Å². The minimum atomic E-state index is -3.01. The molecule has 3 aromatic carbocycles. The van der Waals surface area contributed by atoms with Crippen molar-refractivity contribution in [2.45, 2.75) is 39.2 Å². The predicted octanol–water partition coefficient (Wildman–Crippen LogP) is 5.45. The maximum absolute atomic E-state index is 14.5. The Labute approximate surface area is 222 Å². The van der Waals surface area contributed by atoms with Crippen molar-refractivity contribution in [3.63, 3.8) is 0 Å². The second kappa shape index (κ2) is 11.4. The van der Waals surface area contributed by atoms with E-state index in [-0.39, 0.29) is 36.5 Å². The van der Waals surface area contributed by atoms with Gasteiger partial charge in [0.25, 0.3) is 0 Å². The number of ether oxygens (including phenoxy) is 3. The molecule has 1 heterocycles. The molecule has 7 nitrogen and oxygen atoms in total. The van der Waals surface area contributed by atoms with Gasteiger partial charge in [0.05, 0.1) is 12.4 Å². The van der Waals surface area contributed by atoms with E-state index in [0.717, 1.165) is 27.8 Å². The van der Waals surface area contributed by atoms with Gasteiger partial charge in [-0.05, 0) is 84.3 Å². The number of halogens is 1. The number of aliphatic carboxylic acids is 1. The zero-order valence-corrected chi connectivity index (χ0v) is 22.4. The van der Waals surface area contributed by atoms with Crippen LogP contribution in [0.4, 0.5) is 4.39 Å². The van der Waals surface area contributed by atoms with Gasteiger partial charge in [-0.15, -0.1) is 0 Å². The molecule has 0 bridgehead atoms. The molecule has 0 saturated carbocycles. The lowest BCUT2D eigenvalue weighted by Crippen LogP contribution is -2.22. The molecular formula is C29H31FO7S. The molecular weight excluding hydrogens is 511 g/mol. The zero-order valence-electron chi connectivity index (χ0n) is 21.6. The molecule has 3 aromatic rings. The summed E-state index contributed by atoms with van der Waals surface area (Å²) in [5.41, 5.74) is 5.24. The predicted molar refractivity (Wildman–Crippen MR) is 142 cm³/mol. The lowest BCUT2D eigenvalue weighted by molar-refractivity contribution is -0.136. The van der Waals surface area contributed by atoms with E-state index in [4.69, 9.17) is 19.3 Å². The lowest BCUT2D eigenvalue weighted by atomic mass is 9.93. The summed E-state index contributed by atoms with van der Waals surface area (Å²) in [4.78, 5) is 10.8. The van der Waals surface area contributed by atoms with Crippen LogP contribution in [0.25, 0.3) is 11.1 Å². The fourth-order valence-corrected chi connectivity index (χ4v) is 5.24. The third-order valence-corrected chi connectivity index (χ3v) is 7.39. The van der Waals surface area contributed by atoms with E-state index in [1.807, 2.05) is 50.2 Å². The summed E-state index contributed by atoms with van der Waals surface area (Å²) in [6, 6.07) is 14.6. The summed E-state index contributed by atoms with van der Waals surface area (Å²) in [5, 5.41) is 8.88. The fraction of sp³-hybridized carbons (Fsp3) is 0.345. The Morgan fingerprint density at radius 2 is 1.84 bits per heavy atom. The number of sulfone groups is 1. The topological polar surface area (TPSA) is 99.1 Å². The van der Waals surface area contributed by atoms with Gasteiger partial charge in [0.15, 0.2) is 17.6 Å². The van der Waals surface area contributed by atoms with E-state index in [9.17, 15) is 17.6 Å². The summed E-state index contributed by atoms with van der Waals surface area (Å²) < 4.78 is 54.9. The van der Waals surface area contributed by atoms with Gasteiger partial charge in [0.1, 0.15) is 28.0 Å². The van der Waals surface area contributed by atoms with Crippen molar-refractivity contribution in [3.05, 3.63) is 76.6 Å². The number of benzene rings is 3. The van der Waals surface area contributed by atoms with Crippen molar-refractivity contribution < 1.29 is 36.9 Å². The third-order valence-electron chi connectivity index (χ3n) is 6.36. The molecule has 0 radical (unpaired) electrons. The van der Waals surface area contributed by atoms with E-state index < -0.39 is 27.7 Å². The van der Waals surface area contributed by atoms with Crippen molar-refractivity contribution in [1.29, 1.82) is 0 Å². The molecule has 0 aliphatic carbocycles. The second-order valence-electron chi connectivity index (χ2n) is 9.59. The highest BCUT2D eigenvalue weighted by Gasteiger charge is 2.25. The molecule has 4 rings (SSSR count). The molecule has 0 spiro atoms. The fourth-order valence-electron chi connectivity index (χ4n) is 4.60. The standard InChI is InChI=1S/C29H31FO7S/c1-18-12-23(35-10-5-11-38(3,33)34)13-19(2)29(18)22-7-4-6-21(14-22)27-17-36-25-15-20(8-9-28(31)32)24(30)16-26(25)37-27/h4,6-7,12-16,27H,5,8-11,17H2,1-3H3,(H,31,32)/t27-/m1/s1. The van der Waals surface area contributed by atoms with Crippen LogP contribution in [0.2, 0.25) is 0 Å². The number of fused-ring (bicyclic) bond motifs is 1. The number of aryl methyl sites for hydroxylation is 3. The van der Waals surface area contributed by atoms with Crippen molar-refractivity contribution in [3.8, 4) is 28.4 Å². The molecule has 0 aromatic heterocycles.